The summed E-state index contributed by atoms with van der Waals surface area (Å²) in [6, 6.07) is 12.5. The van der Waals surface area contributed by atoms with Crippen LogP contribution in [0, 0.1) is 11.6 Å². The van der Waals surface area contributed by atoms with E-state index in [9.17, 15) is 58.3 Å². The third-order valence-electron chi connectivity index (χ3n) is 7.23. The van der Waals surface area contributed by atoms with Crippen LogP contribution in [-0.4, -0.2) is 75.3 Å². The molecule has 0 radical (unpaired) electrons. The zero-order chi connectivity index (χ0) is 44.4. The molecule has 3 aromatic carbocycles. The number of hydrogen-bond acceptors (Lipinski definition) is 13. The fourth-order valence-electron chi connectivity index (χ4n) is 4.54. The lowest BCUT2D eigenvalue weighted by atomic mass is 10.1. The summed E-state index contributed by atoms with van der Waals surface area (Å²) in [6.45, 7) is -0.301. The molecule has 0 aliphatic carbocycles. The van der Waals surface area contributed by atoms with Gasteiger partial charge >= 0.3 is 18.2 Å². The Morgan fingerprint density at radius 3 is 2.10 bits per heavy atom. The normalized spacial score (nSPS) is 11.3. The molecule has 18 nitrogen and oxygen atoms in total. The number of sulfonamides is 2. The molecule has 2 heterocycles. The van der Waals surface area contributed by atoms with E-state index in [2.05, 4.69) is 30.3 Å². The van der Waals surface area contributed by atoms with Crippen LogP contribution in [0.4, 0.5) is 38.4 Å². The van der Waals surface area contributed by atoms with Crippen molar-refractivity contribution in [2.75, 3.05) is 31.1 Å². The number of ether oxygens (including phenoxy) is 3. The van der Waals surface area contributed by atoms with Crippen LogP contribution in [0.3, 0.4) is 0 Å². The van der Waals surface area contributed by atoms with Crippen molar-refractivity contribution >= 4 is 49.6 Å². The van der Waals surface area contributed by atoms with Crippen molar-refractivity contribution in [3.8, 4) is 23.4 Å². The van der Waals surface area contributed by atoms with Crippen LogP contribution >= 0.6 is 0 Å². The SMILES string of the molecule is COc1cc(OC)nc(NC(=O)NS(=O)(=O)c2cc(CNS(C)(=O)=O)ccc2C(=O)O)n1.O=C(Nc1ccc(F)cc1F)c1cccnc1Oc1cccc(C(F)(F)F)c1. The Kier molecular flexibility index (Phi) is 14.6. The minimum Gasteiger partial charge on any atom is -0.481 e. The van der Waals surface area contributed by atoms with Crippen molar-refractivity contribution in [1.29, 1.82) is 0 Å². The van der Waals surface area contributed by atoms with Crippen molar-refractivity contribution in [3.05, 3.63) is 119 Å². The molecule has 0 aliphatic rings. The lowest BCUT2D eigenvalue weighted by Gasteiger charge is -2.12. The summed E-state index contributed by atoms with van der Waals surface area (Å²) in [6.07, 6.45) is -2.39. The monoisotopic (exact) mass is 883 g/mol. The van der Waals surface area contributed by atoms with E-state index in [1.165, 1.54) is 50.7 Å². The Hall–Kier alpha value is -6.99. The van der Waals surface area contributed by atoms with Crippen LogP contribution in [-0.2, 0) is 32.8 Å². The molecule has 0 saturated carbocycles. The zero-order valence-electron chi connectivity index (χ0n) is 30.9. The van der Waals surface area contributed by atoms with Crippen LogP contribution in [0.2, 0.25) is 0 Å². The summed E-state index contributed by atoms with van der Waals surface area (Å²) in [5.74, 6) is -4.97. The molecular weight excluding hydrogens is 854 g/mol. The molecule has 0 aliphatic heterocycles. The Labute approximate surface area is 336 Å². The number of rotatable bonds is 13. The molecule has 5 N–H and O–H groups in total. The highest BCUT2D eigenvalue weighted by molar-refractivity contribution is 7.90. The molecule has 0 saturated heterocycles. The van der Waals surface area contributed by atoms with Gasteiger partial charge in [0.1, 0.15) is 27.8 Å². The number of halogens is 5. The average Bonchev–Trinajstić information content (AvgIpc) is 3.17. The summed E-state index contributed by atoms with van der Waals surface area (Å²) in [5, 5.41) is 13.6. The van der Waals surface area contributed by atoms with Crippen LogP contribution in [0.15, 0.2) is 90.0 Å². The number of aromatic carboxylic acids is 1. The molecule has 0 unspecified atom stereocenters. The Morgan fingerprint density at radius 2 is 1.50 bits per heavy atom. The minimum atomic E-state index is -4.70. The number of pyridine rings is 1. The summed E-state index contributed by atoms with van der Waals surface area (Å²) >= 11 is 0. The number of amides is 3. The number of hydrogen-bond donors (Lipinski definition) is 5. The maximum Gasteiger partial charge on any atom is 0.416 e. The lowest BCUT2D eigenvalue weighted by Crippen LogP contribution is -2.35. The van der Waals surface area contributed by atoms with Gasteiger partial charge in [-0.25, -0.2) is 49.6 Å². The summed E-state index contributed by atoms with van der Waals surface area (Å²) < 4.78 is 132. The van der Waals surface area contributed by atoms with E-state index < -0.39 is 71.8 Å². The van der Waals surface area contributed by atoms with Gasteiger partial charge in [0.25, 0.3) is 15.9 Å². The number of alkyl halides is 3. The number of carboxylic acid groups (broad SMARTS) is 1. The fraction of sp³-hybridized carbons (Fsp3) is 0.143. The maximum atomic E-state index is 13.7. The van der Waals surface area contributed by atoms with Crippen molar-refractivity contribution in [2.24, 2.45) is 0 Å². The number of nitrogens with one attached hydrogen (secondary N) is 4. The smallest absolute Gasteiger partial charge is 0.416 e. The molecule has 5 aromatic rings. The van der Waals surface area contributed by atoms with Crippen LogP contribution < -0.4 is 34.3 Å². The molecule has 3 amide bonds. The van der Waals surface area contributed by atoms with E-state index in [4.69, 9.17) is 14.2 Å². The van der Waals surface area contributed by atoms with Crippen molar-refractivity contribution in [3.63, 3.8) is 0 Å². The quantitative estimate of drug-likeness (QED) is 0.0957. The van der Waals surface area contributed by atoms with E-state index in [0.717, 1.165) is 48.7 Å². The van der Waals surface area contributed by atoms with E-state index in [1.54, 1.807) is 4.72 Å². The number of benzene rings is 3. The number of carbonyl (C=O) groups excluding carboxylic acids is 2. The number of anilines is 2. The largest absolute Gasteiger partial charge is 0.481 e. The topological polar surface area (TPSA) is 254 Å². The molecule has 0 fully saturated rings. The van der Waals surface area contributed by atoms with Gasteiger partial charge in [-0.1, -0.05) is 12.1 Å². The Balaban J connectivity index is 0.000000267. The van der Waals surface area contributed by atoms with Gasteiger partial charge < -0.3 is 24.6 Å². The lowest BCUT2D eigenvalue weighted by molar-refractivity contribution is -0.137. The Bertz CT molecular complexity index is 2610. The first-order chi connectivity index (χ1) is 28.1. The number of carboxylic acids is 1. The maximum absolute atomic E-state index is 13.7. The van der Waals surface area contributed by atoms with E-state index in [1.807, 2.05) is 0 Å². The van der Waals surface area contributed by atoms with E-state index in [0.29, 0.717) is 6.07 Å². The van der Waals surface area contributed by atoms with Gasteiger partial charge in [0, 0.05) is 18.8 Å². The second-order valence-electron chi connectivity index (χ2n) is 11.6. The second kappa shape index (κ2) is 19.2. The first kappa shape index (κ1) is 45.7. The molecule has 5 rings (SSSR count). The van der Waals surface area contributed by atoms with Gasteiger partial charge in [0.15, 0.2) is 0 Å². The number of carbonyl (C=O) groups is 3. The summed E-state index contributed by atoms with van der Waals surface area (Å²) in [7, 11) is -5.69. The van der Waals surface area contributed by atoms with Crippen LogP contribution in [0.1, 0.15) is 31.8 Å². The number of methoxy groups -OCH3 is 2. The van der Waals surface area contributed by atoms with Crippen LogP contribution in [0.5, 0.6) is 23.4 Å². The van der Waals surface area contributed by atoms with Crippen molar-refractivity contribution in [1.82, 2.24) is 24.4 Å². The molecule has 0 bridgehead atoms. The molecule has 25 heteroatoms. The highest BCUT2D eigenvalue weighted by atomic mass is 32.2. The van der Waals surface area contributed by atoms with Gasteiger partial charge in [0.2, 0.25) is 33.6 Å². The molecular formula is C35H30F5N7O11S2. The highest BCUT2D eigenvalue weighted by Gasteiger charge is 2.31. The van der Waals surface area contributed by atoms with E-state index >= 15 is 0 Å². The highest BCUT2D eigenvalue weighted by Crippen LogP contribution is 2.33. The van der Waals surface area contributed by atoms with Crippen molar-refractivity contribution in [2.45, 2.75) is 17.6 Å². The predicted molar refractivity (Wildman–Crippen MR) is 200 cm³/mol. The van der Waals surface area contributed by atoms with Gasteiger partial charge in [-0.15, -0.1) is 0 Å². The number of nitrogens with zero attached hydrogens (tertiary/aromatic N) is 3. The third-order valence-corrected chi connectivity index (χ3v) is 9.26. The average molecular weight is 884 g/mol. The van der Waals surface area contributed by atoms with Gasteiger partial charge in [0.05, 0.1) is 43.4 Å². The summed E-state index contributed by atoms with van der Waals surface area (Å²) in [4.78, 5) is 46.8. The second-order valence-corrected chi connectivity index (χ2v) is 15.1. The van der Waals surface area contributed by atoms with E-state index in [-0.39, 0.29) is 52.7 Å². The molecule has 60 heavy (non-hydrogen) atoms. The third kappa shape index (κ3) is 13.0. The molecule has 318 valence electrons. The number of aromatic nitrogens is 3. The standard InChI is InChI=1S/C19H11F5N2O2.C16H19N5O9S2/c20-12-6-7-16(15(21)10-12)26-17(27)14-5-2-8-25-18(14)28-13-4-1-3-11(9-13)19(22,23)24;1-29-12-7-13(30-2)19-15(18-12)20-16(24)21-32(27,28)11-6-9(8-17-31(3,25)26)4-5-10(11)14(22)23/h1-10H,(H,26,27);4-7,17H,8H2,1-3H3,(H,22,23)(H2,18,19,20,21,24). The van der Waals surface area contributed by atoms with Crippen LogP contribution in [0.25, 0.3) is 0 Å². The molecule has 0 atom stereocenters. The Morgan fingerprint density at radius 1 is 0.817 bits per heavy atom. The first-order valence-electron chi connectivity index (χ1n) is 16.3. The summed E-state index contributed by atoms with van der Waals surface area (Å²) in [5.41, 5.74) is -1.85. The first-order valence-corrected chi connectivity index (χ1v) is 19.6. The van der Waals surface area contributed by atoms with Crippen molar-refractivity contribution < 1.29 is 72.5 Å². The molecule has 2 aromatic heterocycles. The number of urea groups is 1. The molecule has 0 spiro atoms. The zero-order valence-corrected chi connectivity index (χ0v) is 32.5. The fourth-order valence-corrected chi connectivity index (χ4v) is 6.12. The van der Waals surface area contributed by atoms with Gasteiger partial charge in [-0.3, -0.25) is 10.1 Å². The van der Waals surface area contributed by atoms with Gasteiger partial charge in [-0.2, -0.15) is 23.1 Å². The van der Waals surface area contributed by atoms with Gasteiger partial charge in [-0.05, 0) is 60.2 Å². The predicted octanol–water partition coefficient (Wildman–Crippen LogP) is 5.17. The minimum absolute atomic E-state index is 0.0225.